The second-order valence-electron chi connectivity index (χ2n) is 7.30. The fourth-order valence-electron chi connectivity index (χ4n) is 3.69. The summed E-state index contributed by atoms with van der Waals surface area (Å²) in [5.41, 5.74) is 2.79. The number of Topliss-reactive ketones (excluding diaryl/α,β-unsaturated/α-hetero) is 1. The van der Waals surface area contributed by atoms with Crippen LogP contribution in [0.5, 0.6) is 0 Å². The number of carbonyl (C=O) groups excluding carboxylic acids is 3. The summed E-state index contributed by atoms with van der Waals surface area (Å²) in [6.45, 7) is 5.47. The summed E-state index contributed by atoms with van der Waals surface area (Å²) in [6.07, 6.45) is 3.34. The molecule has 31 heavy (non-hydrogen) atoms. The van der Waals surface area contributed by atoms with E-state index in [0.29, 0.717) is 27.4 Å². The standard InChI is InChI=1S/C23H25N3O4S/c1-14-19(15(2)25(4)20(14)23(29)30-5)21(27)16(3)26(13-17-8-6-10-24-12-17)22(28)18-9-7-11-31-18/h6-12,16H,13H2,1-5H3. The van der Waals surface area contributed by atoms with Crippen molar-refractivity contribution in [1.82, 2.24) is 14.5 Å². The second-order valence-corrected chi connectivity index (χ2v) is 8.24. The smallest absolute Gasteiger partial charge is 0.354 e. The average molecular weight is 440 g/mol. The normalized spacial score (nSPS) is 11.8. The fourth-order valence-corrected chi connectivity index (χ4v) is 4.37. The van der Waals surface area contributed by atoms with Crippen LogP contribution in [0.2, 0.25) is 0 Å². The Morgan fingerprint density at radius 2 is 1.97 bits per heavy atom. The van der Waals surface area contributed by atoms with Gasteiger partial charge < -0.3 is 14.2 Å². The lowest BCUT2D eigenvalue weighted by molar-refractivity contribution is 0.0587. The van der Waals surface area contributed by atoms with E-state index in [1.165, 1.54) is 18.4 Å². The van der Waals surface area contributed by atoms with Gasteiger partial charge in [0.05, 0.1) is 18.0 Å². The first kappa shape index (κ1) is 22.4. The highest BCUT2D eigenvalue weighted by Crippen LogP contribution is 2.26. The zero-order valence-electron chi connectivity index (χ0n) is 18.2. The number of hydrogen-bond acceptors (Lipinski definition) is 6. The van der Waals surface area contributed by atoms with Gasteiger partial charge in [-0.2, -0.15) is 0 Å². The maximum atomic E-state index is 13.6. The van der Waals surface area contributed by atoms with E-state index in [4.69, 9.17) is 4.74 Å². The molecule has 1 atom stereocenters. The Labute approximate surface area is 185 Å². The Bertz CT molecular complexity index is 1100. The number of carbonyl (C=O) groups is 3. The van der Waals surface area contributed by atoms with E-state index < -0.39 is 12.0 Å². The van der Waals surface area contributed by atoms with E-state index in [2.05, 4.69) is 4.98 Å². The van der Waals surface area contributed by atoms with Crippen LogP contribution in [0.1, 0.15) is 54.3 Å². The zero-order chi connectivity index (χ0) is 22.7. The molecule has 0 N–H and O–H groups in total. The van der Waals surface area contributed by atoms with Crippen LogP contribution in [0.4, 0.5) is 0 Å². The number of aromatic nitrogens is 2. The molecule has 3 heterocycles. The van der Waals surface area contributed by atoms with E-state index in [9.17, 15) is 14.4 Å². The highest BCUT2D eigenvalue weighted by molar-refractivity contribution is 7.12. The van der Waals surface area contributed by atoms with Crippen LogP contribution in [0, 0.1) is 13.8 Å². The van der Waals surface area contributed by atoms with Gasteiger partial charge in [-0.25, -0.2) is 4.79 Å². The van der Waals surface area contributed by atoms with Crippen molar-refractivity contribution < 1.29 is 19.1 Å². The fraction of sp³-hybridized carbons (Fsp3) is 0.304. The third kappa shape index (κ3) is 4.29. The maximum Gasteiger partial charge on any atom is 0.354 e. The van der Waals surface area contributed by atoms with Crippen molar-refractivity contribution in [3.05, 3.63) is 75.0 Å². The molecule has 0 saturated carbocycles. The third-order valence-corrected chi connectivity index (χ3v) is 6.33. The molecule has 0 aliphatic heterocycles. The maximum absolute atomic E-state index is 13.6. The molecule has 0 fully saturated rings. The quantitative estimate of drug-likeness (QED) is 0.413. The molecule has 1 amide bonds. The summed E-state index contributed by atoms with van der Waals surface area (Å²) in [5.74, 6) is -0.953. The zero-order valence-corrected chi connectivity index (χ0v) is 19.0. The van der Waals surface area contributed by atoms with E-state index in [-0.39, 0.29) is 18.2 Å². The molecule has 3 aromatic rings. The van der Waals surface area contributed by atoms with Crippen LogP contribution in [0.3, 0.4) is 0 Å². The van der Waals surface area contributed by atoms with Gasteiger partial charge in [-0.05, 0) is 49.4 Å². The highest BCUT2D eigenvalue weighted by Gasteiger charge is 2.33. The molecule has 0 bridgehead atoms. The van der Waals surface area contributed by atoms with Crippen molar-refractivity contribution in [1.29, 1.82) is 0 Å². The van der Waals surface area contributed by atoms with E-state index in [0.717, 1.165) is 5.56 Å². The summed E-state index contributed by atoms with van der Waals surface area (Å²) >= 11 is 1.33. The first-order chi connectivity index (χ1) is 14.8. The largest absolute Gasteiger partial charge is 0.464 e. The van der Waals surface area contributed by atoms with Gasteiger partial charge in [-0.3, -0.25) is 14.6 Å². The molecule has 7 nitrogen and oxygen atoms in total. The number of methoxy groups -OCH3 is 1. The van der Waals surface area contributed by atoms with Gasteiger partial charge in [-0.15, -0.1) is 11.3 Å². The topological polar surface area (TPSA) is 81.5 Å². The van der Waals surface area contributed by atoms with Crippen LogP contribution < -0.4 is 0 Å². The van der Waals surface area contributed by atoms with Gasteiger partial charge >= 0.3 is 5.97 Å². The van der Waals surface area contributed by atoms with Gasteiger partial charge in [0, 0.05) is 37.2 Å². The van der Waals surface area contributed by atoms with E-state index in [1.807, 2.05) is 11.4 Å². The Hall–Kier alpha value is -3.26. The van der Waals surface area contributed by atoms with Crippen LogP contribution in [-0.2, 0) is 18.3 Å². The average Bonchev–Trinajstić information content (AvgIpc) is 3.38. The molecule has 0 saturated heterocycles. The highest BCUT2D eigenvalue weighted by atomic mass is 32.1. The molecule has 162 valence electrons. The number of ether oxygens (including phenoxy) is 1. The van der Waals surface area contributed by atoms with Gasteiger partial charge in [0.15, 0.2) is 5.78 Å². The van der Waals surface area contributed by atoms with Crippen molar-refractivity contribution >= 4 is 29.0 Å². The van der Waals surface area contributed by atoms with Crippen LogP contribution >= 0.6 is 11.3 Å². The first-order valence-electron chi connectivity index (χ1n) is 9.79. The Morgan fingerprint density at radius 1 is 1.23 bits per heavy atom. The molecule has 0 radical (unpaired) electrons. The molecule has 1 unspecified atom stereocenters. The van der Waals surface area contributed by atoms with Crippen molar-refractivity contribution in [2.75, 3.05) is 7.11 Å². The van der Waals surface area contributed by atoms with Gasteiger partial charge in [-0.1, -0.05) is 12.1 Å². The molecular formula is C23H25N3O4S. The molecular weight excluding hydrogens is 414 g/mol. The molecule has 0 spiro atoms. The summed E-state index contributed by atoms with van der Waals surface area (Å²) in [7, 11) is 3.03. The number of amides is 1. The molecule has 0 aliphatic carbocycles. The predicted molar refractivity (Wildman–Crippen MR) is 118 cm³/mol. The minimum atomic E-state index is -0.750. The Morgan fingerprint density at radius 3 is 2.55 bits per heavy atom. The van der Waals surface area contributed by atoms with Crippen molar-refractivity contribution in [3.63, 3.8) is 0 Å². The van der Waals surface area contributed by atoms with Crippen LogP contribution in [0.25, 0.3) is 0 Å². The molecule has 0 aliphatic rings. The lowest BCUT2D eigenvalue weighted by Gasteiger charge is -2.28. The van der Waals surface area contributed by atoms with Gasteiger partial charge in [0.2, 0.25) is 0 Å². The molecule has 3 aromatic heterocycles. The minimum Gasteiger partial charge on any atom is -0.464 e. The first-order valence-corrected chi connectivity index (χ1v) is 10.7. The lowest BCUT2D eigenvalue weighted by Crippen LogP contribution is -2.43. The molecule has 0 aromatic carbocycles. The van der Waals surface area contributed by atoms with Gasteiger partial charge in [0.25, 0.3) is 5.91 Å². The summed E-state index contributed by atoms with van der Waals surface area (Å²) in [6, 6.07) is 6.46. The van der Waals surface area contributed by atoms with E-state index >= 15 is 0 Å². The monoisotopic (exact) mass is 439 g/mol. The second kappa shape index (κ2) is 9.26. The number of pyridine rings is 1. The number of hydrogen-bond donors (Lipinski definition) is 0. The Balaban J connectivity index is 2.01. The van der Waals surface area contributed by atoms with Gasteiger partial charge in [0.1, 0.15) is 5.69 Å². The molecule has 8 heteroatoms. The summed E-state index contributed by atoms with van der Waals surface area (Å²) in [4.78, 5) is 45.3. The predicted octanol–water partition coefficient (Wildman–Crippen LogP) is 3.80. The number of thiophene rings is 1. The van der Waals surface area contributed by atoms with Crippen LogP contribution in [-0.4, -0.2) is 45.3 Å². The third-order valence-electron chi connectivity index (χ3n) is 5.47. The number of rotatable bonds is 7. The van der Waals surface area contributed by atoms with E-state index in [1.54, 1.807) is 67.9 Å². The van der Waals surface area contributed by atoms with Crippen molar-refractivity contribution in [2.45, 2.75) is 33.4 Å². The minimum absolute atomic E-state index is 0.223. The number of ketones is 1. The summed E-state index contributed by atoms with van der Waals surface area (Å²) in [5, 5.41) is 1.83. The number of nitrogens with zero attached hydrogens (tertiary/aromatic N) is 3. The number of esters is 1. The molecule has 3 rings (SSSR count). The SMILES string of the molecule is COC(=O)c1c(C)c(C(=O)C(C)N(Cc2cccnc2)C(=O)c2cccs2)c(C)n1C. The van der Waals surface area contributed by atoms with Crippen LogP contribution in [0.15, 0.2) is 42.0 Å². The van der Waals surface area contributed by atoms with Crippen molar-refractivity contribution in [2.24, 2.45) is 7.05 Å². The summed E-state index contributed by atoms with van der Waals surface area (Å²) < 4.78 is 6.54. The lowest BCUT2D eigenvalue weighted by atomic mass is 9.99. The van der Waals surface area contributed by atoms with Crippen molar-refractivity contribution in [3.8, 4) is 0 Å². The Kier molecular flexibility index (Phi) is 6.70.